The zero-order valence-electron chi connectivity index (χ0n) is 13.5. The van der Waals surface area contributed by atoms with Gasteiger partial charge in [0.05, 0.1) is 11.2 Å². The van der Waals surface area contributed by atoms with Crippen molar-refractivity contribution in [2.45, 2.75) is 12.8 Å². The van der Waals surface area contributed by atoms with E-state index < -0.39 is 5.82 Å². The highest BCUT2D eigenvalue weighted by molar-refractivity contribution is 6.31. The number of H-pyrrole nitrogens is 1. The van der Waals surface area contributed by atoms with Crippen molar-refractivity contribution in [1.29, 1.82) is 0 Å². The number of anilines is 1. The molecule has 0 amide bonds. The van der Waals surface area contributed by atoms with E-state index in [2.05, 4.69) is 30.6 Å². The SMILES string of the molecule is Fc1cnc(-c2c[nH]c3ncc(Cl)cc23)nc1NCC1CCCNC1. The van der Waals surface area contributed by atoms with Crippen molar-refractivity contribution in [3.63, 3.8) is 0 Å². The maximum atomic E-state index is 14.1. The van der Waals surface area contributed by atoms with Gasteiger partial charge in [-0.25, -0.2) is 19.3 Å². The van der Waals surface area contributed by atoms with E-state index in [1.165, 1.54) is 6.20 Å². The number of fused-ring (bicyclic) bond motifs is 1. The van der Waals surface area contributed by atoms with E-state index in [0.717, 1.165) is 36.9 Å². The Bertz CT molecular complexity index is 890. The number of halogens is 2. The third-order valence-electron chi connectivity index (χ3n) is 4.44. The Balaban J connectivity index is 1.60. The first kappa shape index (κ1) is 16.2. The van der Waals surface area contributed by atoms with Crippen LogP contribution in [0.3, 0.4) is 0 Å². The monoisotopic (exact) mass is 360 g/mol. The number of rotatable bonds is 4. The van der Waals surface area contributed by atoms with Crippen LogP contribution in [0.4, 0.5) is 10.2 Å². The van der Waals surface area contributed by atoms with E-state index in [9.17, 15) is 4.39 Å². The van der Waals surface area contributed by atoms with Gasteiger partial charge in [0.25, 0.3) is 0 Å². The highest BCUT2D eigenvalue weighted by atomic mass is 35.5. The highest BCUT2D eigenvalue weighted by Crippen LogP contribution is 2.28. The zero-order chi connectivity index (χ0) is 17.2. The van der Waals surface area contributed by atoms with Gasteiger partial charge in [-0.3, -0.25) is 0 Å². The minimum Gasteiger partial charge on any atom is -0.367 e. The molecule has 1 aliphatic heterocycles. The van der Waals surface area contributed by atoms with Gasteiger partial charge in [0.2, 0.25) is 0 Å². The molecule has 25 heavy (non-hydrogen) atoms. The lowest BCUT2D eigenvalue weighted by molar-refractivity contribution is 0.392. The van der Waals surface area contributed by atoms with Crippen molar-refractivity contribution in [1.82, 2.24) is 25.3 Å². The van der Waals surface area contributed by atoms with Gasteiger partial charge in [-0.15, -0.1) is 0 Å². The quantitative estimate of drug-likeness (QED) is 0.665. The van der Waals surface area contributed by atoms with E-state index in [-0.39, 0.29) is 5.82 Å². The second-order valence-corrected chi connectivity index (χ2v) is 6.67. The van der Waals surface area contributed by atoms with Gasteiger partial charge < -0.3 is 15.6 Å². The number of hydrogen-bond acceptors (Lipinski definition) is 5. The normalized spacial score (nSPS) is 17.8. The number of nitrogens with zero attached hydrogens (tertiary/aromatic N) is 3. The molecule has 4 rings (SSSR count). The fourth-order valence-electron chi connectivity index (χ4n) is 3.12. The fourth-order valence-corrected chi connectivity index (χ4v) is 3.28. The third kappa shape index (κ3) is 3.43. The lowest BCUT2D eigenvalue weighted by Crippen LogP contribution is -2.33. The van der Waals surface area contributed by atoms with E-state index >= 15 is 0 Å². The Labute approximate surface area is 149 Å². The van der Waals surface area contributed by atoms with Gasteiger partial charge in [0.15, 0.2) is 17.5 Å². The molecule has 130 valence electrons. The number of nitrogens with one attached hydrogen (secondary N) is 3. The molecule has 1 unspecified atom stereocenters. The van der Waals surface area contributed by atoms with Gasteiger partial charge in [-0.2, -0.15) is 0 Å². The molecule has 0 radical (unpaired) electrons. The molecule has 8 heteroatoms. The molecule has 3 aromatic rings. The van der Waals surface area contributed by atoms with Crippen LogP contribution in [0.15, 0.2) is 24.7 Å². The van der Waals surface area contributed by atoms with Gasteiger partial charge in [-0.1, -0.05) is 11.6 Å². The van der Waals surface area contributed by atoms with Crippen LogP contribution in [-0.4, -0.2) is 39.6 Å². The smallest absolute Gasteiger partial charge is 0.183 e. The van der Waals surface area contributed by atoms with E-state index in [0.29, 0.717) is 29.0 Å². The predicted octanol–water partition coefficient (Wildman–Crippen LogP) is 3.22. The Morgan fingerprint density at radius 1 is 1.32 bits per heavy atom. The molecule has 0 saturated carbocycles. The van der Waals surface area contributed by atoms with Crippen LogP contribution in [0.25, 0.3) is 22.4 Å². The average molecular weight is 361 g/mol. The molecule has 1 fully saturated rings. The van der Waals surface area contributed by atoms with Crippen LogP contribution >= 0.6 is 11.6 Å². The molecule has 0 aliphatic carbocycles. The number of pyridine rings is 1. The van der Waals surface area contributed by atoms with Crippen LogP contribution in [0, 0.1) is 11.7 Å². The van der Waals surface area contributed by atoms with E-state index in [1.54, 1.807) is 18.5 Å². The minimum atomic E-state index is -0.455. The molecule has 1 saturated heterocycles. The largest absolute Gasteiger partial charge is 0.367 e. The second-order valence-electron chi connectivity index (χ2n) is 6.24. The van der Waals surface area contributed by atoms with Crippen LogP contribution in [0.2, 0.25) is 5.02 Å². The molecule has 3 N–H and O–H groups in total. The van der Waals surface area contributed by atoms with Gasteiger partial charge in [-0.05, 0) is 37.9 Å². The summed E-state index contributed by atoms with van der Waals surface area (Å²) in [6.45, 7) is 2.68. The number of piperidine rings is 1. The molecule has 3 aromatic heterocycles. The molecule has 0 aromatic carbocycles. The van der Waals surface area contributed by atoms with Crippen molar-refractivity contribution in [2.24, 2.45) is 5.92 Å². The Morgan fingerprint density at radius 3 is 3.08 bits per heavy atom. The highest BCUT2D eigenvalue weighted by Gasteiger charge is 2.16. The summed E-state index contributed by atoms with van der Waals surface area (Å²) >= 11 is 6.03. The van der Waals surface area contributed by atoms with Gasteiger partial charge in [0, 0.05) is 29.9 Å². The predicted molar refractivity (Wildman–Crippen MR) is 96.2 cm³/mol. The topological polar surface area (TPSA) is 78.5 Å². The summed E-state index contributed by atoms with van der Waals surface area (Å²) in [6, 6.07) is 1.79. The molecule has 6 nitrogen and oxygen atoms in total. The van der Waals surface area contributed by atoms with Crippen molar-refractivity contribution in [3.05, 3.63) is 35.5 Å². The number of aromatic nitrogens is 4. The Kier molecular flexibility index (Phi) is 4.50. The Morgan fingerprint density at radius 2 is 2.24 bits per heavy atom. The number of aromatic amines is 1. The van der Waals surface area contributed by atoms with Crippen molar-refractivity contribution in [2.75, 3.05) is 25.0 Å². The average Bonchev–Trinajstić information content (AvgIpc) is 3.05. The zero-order valence-corrected chi connectivity index (χ0v) is 14.3. The van der Waals surface area contributed by atoms with E-state index in [1.807, 2.05) is 0 Å². The maximum Gasteiger partial charge on any atom is 0.183 e. The first-order valence-electron chi connectivity index (χ1n) is 8.31. The van der Waals surface area contributed by atoms with Crippen LogP contribution in [0.1, 0.15) is 12.8 Å². The Hall–Kier alpha value is -2.25. The maximum absolute atomic E-state index is 14.1. The fraction of sp³-hybridized carbons (Fsp3) is 0.353. The first-order chi connectivity index (χ1) is 12.2. The minimum absolute atomic E-state index is 0.222. The lowest BCUT2D eigenvalue weighted by atomic mass is 10.00. The molecular weight excluding hydrogens is 343 g/mol. The molecule has 4 heterocycles. The second kappa shape index (κ2) is 6.93. The standard InChI is InChI=1S/C17H18ClFN6/c18-11-4-12-13(8-23-15(12)22-7-11)16-24-9-14(19)17(25-16)21-6-10-2-1-3-20-5-10/h4,7-10,20H,1-3,5-6H2,(H,22,23)(H,21,24,25). The molecule has 1 atom stereocenters. The summed E-state index contributed by atoms with van der Waals surface area (Å²) in [5.41, 5.74) is 1.43. The lowest BCUT2D eigenvalue weighted by Gasteiger charge is -2.23. The molecule has 0 spiro atoms. The summed E-state index contributed by atoms with van der Waals surface area (Å²) in [4.78, 5) is 15.8. The summed E-state index contributed by atoms with van der Waals surface area (Å²) in [5, 5.41) is 7.81. The molecule has 1 aliphatic rings. The van der Waals surface area contributed by atoms with Crippen LogP contribution < -0.4 is 10.6 Å². The summed E-state index contributed by atoms with van der Waals surface area (Å²) in [7, 11) is 0. The number of hydrogen-bond donors (Lipinski definition) is 3. The van der Waals surface area contributed by atoms with Gasteiger partial charge >= 0.3 is 0 Å². The van der Waals surface area contributed by atoms with Crippen LogP contribution in [-0.2, 0) is 0 Å². The van der Waals surface area contributed by atoms with Crippen molar-refractivity contribution in [3.8, 4) is 11.4 Å². The van der Waals surface area contributed by atoms with Crippen molar-refractivity contribution < 1.29 is 4.39 Å². The van der Waals surface area contributed by atoms with Crippen LogP contribution in [0.5, 0.6) is 0 Å². The van der Waals surface area contributed by atoms with Gasteiger partial charge in [0.1, 0.15) is 5.65 Å². The van der Waals surface area contributed by atoms with E-state index in [4.69, 9.17) is 11.6 Å². The summed E-state index contributed by atoms with van der Waals surface area (Å²) in [5.74, 6) is 0.673. The summed E-state index contributed by atoms with van der Waals surface area (Å²) in [6.07, 6.45) is 6.80. The third-order valence-corrected chi connectivity index (χ3v) is 4.65. The first-order valence-corrected chi connectivity index (χ1v) is 8.68. The van der Waals surface area contributed by atoms with Crippen molar-refractivity contribution >= 4 is 28.5 Å². The summed E-state index contributed by atoms with van der Waals surface area (Å²) < 4.78 is 14.1. The molecular formula is C17H18ClFN6. The molecule has 0 bridgehead atoms.